The van der Waals surface area contributed by atoms with Crippen molar-refractivity contribution in [3.8, 4) is 0 Å². The molecule has 0 heterocycles. The average molecular weight is 330 g/mol. The van der Waals surface area contributed by atoms with Gasteiger partial charge in [-0.2, -0.15) is 0 Å². The first-order valence-corrected chi connectivity index (χ1v) is 7.92. The summed E-state index contributed by atoms with van der Waals surface area (Å²) in [5.74, 6) is 0.868. The summed E-state index contributed by atoms with van der Waals surface area (Å²) in [4.78, 5) is 0. The molecule has 108 valence electrons. The summed E-state index contributed by atoms with van der Waals surface area (Å²) < 4.78 is 14.7. The minimum atomic E-state index is -0.109. The van der Waals surface area contributed by atoms with Gasteiger partial charge in [0.05, 0.1) is 0 Å². The van der Waals surface area contributed by atoms with Crippen molar-refractivity contribution in [2.45, 2.75) is 46.6 Å². The van der Waals surface area contributed by atoms with Crippen LogP contribution < -0.4 is 5.32 Å². The van der Waals surface area contributed by atoms with E-state index >= 15 is 0 Å². The second kappa shape index (κ2) is 8.01. The van der Waals surface area contributed by atoms with Crippen molar-refractivity contribution in [3.63, 3.8) is 0 Å². The van der Waals surface area contributed by atoms with E-state index in [9.17, 15) is 4.39 Å². The molecule has 0 bridgehead atoms. The third kappa shape index (κ3) is 5.23. The van der Waals surface area contributed by atoms with Crippen LogP contribution in [0.25, 0.3) is 0 Å². The Morgan fingerprint density at radius 1 is 1.26 bits per heavy atom. The Bertz CT molecular complexity index is 392. The van der Waals surface area contributed by atoms with Crippen LogP contribution in [-0.2, 0) is 6.42 Å². The molecule has 0 amide bonds. The zero-order valence-corrected chi connectivity index (χ0v) is 13.9. The number of hydrogen-bond donors (Lipinski definition) is 1. The number of nitrogens with one attached hydrogen (secondary N) is 1. The summed E-state index contributed by atoms with van der Waals surface area (Å²) in [5, 5.41) is 3.53. The maximum Gasteiger partial charge on any atom is 0.127 e. The Kier molecular flexibility index (Phi) is 7.01. The molecule has 0 aliphatic carbocycles. The lowest BCUT2D eigenvalue weighted by molar-refractivity contribution is 0.286. The molecule has 0 saturated heterocycles. The van der Waals surface area contributed by atoms with Gasteiger partial charge in [-0.25, -0.2) is 4.39 Å². The SMILES string of the molecule is CCCNC(C)C(Cc1ccc(Br)cc1F)C(C)C. The van der Waals surface area contributed by atoms with Crippen molar-refractivity contribution in [3.05, 3.63) is 34.1 Å². The lowest BCUT2D eigenvalue weighted by atomic mass is 9.84. The van der Waals surface area contributed by atoms with E-state index in [-0.39, 0.29) is 5.82 Å². The third-order valence-electron chi connectivity index (χ3n) is 3.69. The van der Waals surface area contributed by atoms with Gasteiger partial charge in [0, 0.05) is 10.5 Å². The van der Waals surface area contributed by atoms with Gasteiger partial charge in [0.2, 0.25) is 0 Å². The molecule has 3 heteroatoms. The highest BCUT2D eigenvalue weighted by Gasteiger charge is 2.22. The maximum atomic E-state index is 13.9. The van der Waals surface area contributed by atoms with Gasteiger partial charge in [-0.1, -0.05) is 42.8 Å². The predicted molar refractivity (Wildman–Crippen MR) is 83.9 cm³/mol. The minimum Gasteiger partial charge on any atom is -0.314 e. The summed E-state index contributed by atoms with van der Waals surface area (Å²) in [7, 11) is 0. The van der Waals surface area contributed by atoms with Crippen LogP contribution >= 0.6 is 15.9 Å². The molecule has 0 saturated carbocycles. The molecule has 0 aliphatic rings. The maximum absolute atomic E-state index is 13.9. The van der Waals surface area contributed by atoms with Gasteiger partial charge in [-0.15, -0.1) is 0 Å². The molecular formula is C16H25BrFN. The molecule has 2 atom stereocenters. The molecule has 1 rings (SSSR count). The number of benzene rings is 1. The zero-order chi connectivity index (χ0) is 14.4. The summed E-state index contributed by atoms with van der Waals surface area (Å²) in [6, 6.07) is 5.76. The molecule has 1 N–H and O–H groups in total. The fraction of sp³-hybridized carbons (Fsp3) is 0.625. The van der Waals surface area contributed by atoms with Crippen LogP contribution in [0, 0.1) is 17.7 Å². The second-order valence-electron chi connectivity index (χ2n) is 5.59. The standard InChI is InChI=1S/C16H25BrFN/c1-5-8-19-12(4)15(11(2)3)9-13-6-7-14(17)10-16(13)18/h6-7,10-12,15,19H,5,8-9H2,1-4H3. The van der Waals surface area contributed by atoms with Gasteiger partial charge in [-0.05, 0) is 55.8 Å². The zero-order valence-electron chi connectivity index (χ0n) is 12.3. The largest absolute Gasteiger partial charge is 0.314 e. The first-order chi connectivity index (χ1) is 8.95. The number of halogens is 2. The van der Waals surface area contributed by atoms with Gasteiger partial charge in [0.1, 0.15) is 5.82 Å². The van der Waals surface area contributed by atoms with Crippen molar-refractivity contribution in [1.82, 2.24) is 5.32 Å². The highest BCUT2D eigenvalue weighted by atomic mass is 79.9. The lowest BCUT2D eigenvalue weighted by Gasteiger charge is -2.28. The first-order valence-electron chi connectivity index (χ1n) is 7.13. The molecule has 19 heavy (non-hydrogen) atoms. The summed E-state index contributed by atoms with van der Waals surface area (Å²) in [6.07, 6.45) is 1.91. The van der Waals surface area contributed by atoms with E-state index in [4.69, 9.17) is 0 Å². The van der Waals surface area contributed by atoms with E-state index in [0.717, 1.165) is 29.4 Å². The molecule has 0 aliphatic heterocycles. The van der Waals surface area contributed by atoms with Gasteiger partial charge in [0.15, 0.2) is 0 Å². The Labute approximate surface area is 125 Å². The molecule has 1 aromatic rings. The average Bonchev–Trinajstić information content (AvgIpc) is 2.34. The highest BCUT2D eigenvalue weighted by Crippen LogP contribution is 2.24. The van der Waals surface area contributed by atoms with E-state index in [1.54, 1.807) is 6.07 Å². The second-order valence-corrected chi connectivity index (χ2v) is 6.51. The van der Waals surface area contributed by atoms with Gasteiger partial charge in [0.25, 0.3) is 0 Å². The van der Waals surface area contributed by atoms with Crippen LogP contribution in [0.3, 0.4) is 0 Å². The molecule has 1 aromatic carbocycles. The van der Waals surface area contributed by atoms with Crippen LogP contribution in [0.2, 0.25) is 0 Å². The van der Waals surface area contributed by atoms with Gasteiger partial charge < -0.3 is 5.32 Å². The molecule has 0 fully saturated rings. The fourth-order valence-electron chi connectivity index (χ4n) is 2.45. The van der Waals surface area contributed by atoms with E-state index in [2.05, 4.69) is 48.9 Å². The summed E-state index contributed by atoms with van der Waals surface area (Å²) in [5.41, 5.74) is 0.812. The monoisotopic (exact) mass is 329 g/mol. The number of hydrogen-bond acceptors (Lipinski definition) is 1. The summed E-state index contributed by atoms with van der Waals surface area (Å²) in [6.45, 7) is 9.82. The van der Waals surface area contributed by atoms with Crippen molar-refractivity contribution in [2.75, 3.05) is 6.54 Å². The van der Waals surface area contributed by atoms with E-state index in [1.165, 1.54) is 0 Å². The minimum absolute atomic E-state index is 0.109. The van der Waals surface area contributed by atoms with Crippen molar-refractivity contribution < 1.29 is 4.39 Å². The Morgan fingerprint density at radius 3 is 2.47 bits per heavy atom. The Hall–Kier alpha value is -0.410. The van der Waals surface area contributed by atoms with Gasteiger partial charge in [-0.3, -0.25) is 0 Å². The highest BCUT2D eigenvalue weighted by molar-refractivity contribution is 9.10. The normalized spacial score (nSPS) is 14.7. The molecule has 0 spiro atoms. The van der Waals surface area contributed by atoms with Crippen LogP contribution in [0.1, 0.15) is 39.7 Å². The van der Waals surface area contributed by atoms with Crippen LogP contribution in [0.5, 0.6) is 0 Å². The predicted octanol–water partition coefficient (Wildman–Crippen LogP) is 4.79. The fourth-order valence-corrected chi connectivity index (χ4v) is 2.79. The van der Waals surface area contributed by atoms with Crippen molar-refractivity contribution in [1.29, 1.82) is 0 Å². The van der Waals surface area contributed by atoms with Crippen LogP contribution in [0.4, 0.5) is 4.39 Å². The Morgan fingerprint density at radius 2 is 1.95 bits per heavy atom. The lowest BCUT2D eigenvalue weighted by Crippen LogP contribution is -2.37. The van der Waals surface area contributed by atoms with E-state index < -0.39 is 0 Å². The van der Waals surface area contributed by atoms with Gasteiger partial charge >= 0.3 is 0 Å². The number of rotatable bonds is 7. The summed E-state index contributed by atoms with van der Waals surface area (Å²) >= 11 is 3.30. The smallest absolute Gasteiger partial charge is 0.127 e. The van der Waals surface area contributed by atoms with Crippen LogP contribution in [0.15, 0.2) is 22.7 Å². The molecule has 0 radical (unpaired) electrons. The quantitative estimate of drug-likeness (QED) is 0.758. The van der Waals surface area contributed by atoms with Crippen molar-refractivity contribution in [2.24, 2.45) is 11.8 Å². The van der Waals surface area contributed by atoms with Crippen molar-refractivity contribution >= 4 is 15.9 Å². The molecule has 2 unspecified atom stereocenters. The van der Waals surface area contributed by atoms with Crippen LogP contribution in [-0.4, -0.2) is 12.6 Å². The molecule has 0 aromatic heterocycles. The Balaban J connectivity index is 2.77. The third-order valence-corrected chi connectivity index (χ3v) is 4.18. The molecular weight excluding hydrogens is 305 g/mol. The van der Waals surface area contributed by atoms with E-state index in [1.807, 2.05) is 12.1 Å². The topological polar surface area (TPSA) is 12.0 Å². The molecule has 1 nitrogen and oxygen atoms in total. The first kappa shape index (κ1) is 16.6. The van der Waals surface area contributed by atoms with E-state index in [0.29, 0.717) is 17.9 Å².